The summed E-state index contributed by atoms with van der Waals surface area (Å²) in [5.74, 6) is 0.722. The number of hydrogen-bond donors (Lipinski definition) is 1. The van der Waals surface area contributed by atoms with Crippen LogP contribution in [0.3, 0.4) is 0 Å². The van der Waals surface area contributed by atoms with Gasteiger partial charge in [-0.2, -0.15) is 0 Å². The Hall–Kier alpha value is -0.0800. The molecule has 2 nitrogen and oxygen atoms in total. The molecule has 1 unspecified atom stereocenters. The first-order valence-electron chi connectivity index (χ1n) is 5.02. The van der Waals surface area contributed by atoms with Crippen molar-refractivity contribution in [3.05, 3.63) is 0 Å². The van der Waals surface area contributed by atoms with Gasteiger partial charge in [0.1, 0.15) is 0 Å². The molecule has 0 radical (unpaired) electrons. The molecule has 0 aliphatic carbocycles. The van der Waals surface area contributed by atoms with Crippen LogP contribution in [0.5, 0.6) is 0 Å². The van der Waals surface area contributed by atoms with Gasteiger partial charge in [0.2, 0.25) is 0 Å². The molecule has 0 aromatic rings. The molecule has 2 N–H and O–H groups in total. The number of hydrogen-bond acceptors (Lipinski definition) is 2. The van der Waals surface area contributed by atoms with E-state index in [0.717, 1.165) is 12.5 Å². The van der Waals surface area contributed by atoms with Crippen LogP contribution in [0, 0.1) is 11.3 Å². The Labute approximate surface area is 76.1 Å². The van der Waals surface area contributed by atoms with E-state index < -0.39 is 0 Å². The molecular formula is C10H22N2. The van der Waals surface area contributed by atoms with E-state index in [0.29, 0.717) is 5.41 Å². The highest BCUT2D eigenvalue weighted by Crippen LogP contribution is 2.33. The molecule has 1 aliphatic rings. The minimum absolute atomic E-state index is 0.420. The standard InChI is InChI=1S/C10H22N2/c1-4-12-6-5-9(7-11)10(2,3)8-12/h9H,4-8,11H2,1-3H3. The maximum Gasteiger partial charge on any atom is 0.00357 e. The molecule has 1 fully saturated rings. The molecule has 1 rings (SSSR count). The van der Waals surface area contributed by atoms with Gasteiger partial charge in [0.05, 0.1) is 0 Å². The Bertz CT molecular complexity index is 143. The molecule has 1 heterocycles. The van der Waals surface area contributed by atoms with E-state index in [1.165, 1.54) is 26.1 Å². The average Bonchev–Trinajstić information content (AvgIpc) is 2.02. The number of rotatable bonds is 2. The van der Waals surface area contributed by atoms with Crippen molar-refractivity contribution in [1.82, 2.24) is 4.90 Å². The predicted molar refractivity (Wildman–Crippen MR) is 53.1 cm³/mol. The van der Waals surface area contributed by atoms with Crippen molar-refractivity contribution in [2.75, 3.05) is 26.2 Å². The van der Waals surface area contributed by atoms with Crippen LogP contribution in [0.4, 0.5) is 0 Å². The van der Waals surface area contributed by atoms with Crippen LogP contribution in [-0.4, -0.2) is 31.1 Å². The van der Waals surface area contributed by atoms with E-state index in [4.69, 9.17) is 5.73 Å². The molecule has 72 valence electrons. The lowest BCUT2D eigenvalue weighted by atomic mass is 9.74. The van der Waals surface area contributed by atoms with Crippen LogP contribution in [0.1, 0.15) is 27.2 Å². The third kappa shape index (κ3) is 1.99. The van der Waals surface area contributed by atoms with E-state index in [1.807, 2.05) is 0 Å². The lowest BCUT2D eigenvalue weighted by molar-refractivity contribution is 0.0633. The summed E-state index contributed by atoms with van der Waals surface area (Å²) in [5, 5.41) is 0. The summed E-state index contributed by atoms with van der Waals surface area (Å²) in [7, 11) is 0. The van der Waals surface area contributed by atoms with Crippen molar-refractivity contribution in [2.24, 2.45) is 17.1 Å². The summed E-state index contributed by atoms with van der Waals surface area (Å²) in [6.45, 7) is 11.4. The first-order chi connectivity index (χ1) is 5.60. The Kier molecular flexibility index (Phi) is 3.13. The van der Waals surface area contributed by atoms with E-state index in [9.17, 15) is 0 Å². The van der Waals surface area contributed by atoms with Crippen LogP contribution in [0.15, 0.2) is 0 Å². The lowest BCUT2D eigenvalue weighted by Crippen LogP contribution is -2.47. The molecule has 0 saturated carbocycles. The maximum absolute atomic E-state index is 5.75. The molecule has 0 amide bonds. The summed E-state index contributed by atoms with van der Waals surface area (Å²) in [6.07, 6.45) is 1.28. The number of nitrogens with two attached hydrogens (primary N) is 1. The van der Waals surface area contributed by atoms with Crippen molar-refractivity contribution in [2.45, 2.75) is 27.2 Å². The van der Waals surface area contributed by atoms with Gasteiger partial charge in [-0.15, -0.1) is 0 Å². The minimum atomic E-state index is 0.420. The highest BCUT2D eigenvalue weighted by atomic mass is 15.1. The average molecular weight is 170 g/mol. The van der Waals surface area contributed by atoms with Crippen molar-refractivity contribution in [3.8, 4) is 0 Å². The molecule has 12 heavy (non-hydrogen) atoms. The Balaban J connectivity index is 2.54. The maximum atomic E-state index is 5.75. The Morgan fingerprint density at radius 1 is 1.50 bits per heavy atom. The zero-order valence-electron chi connectivity index (χ0n) is 8.64. The van der Waals surface area contributed by atoms with E-state index >= 15 is 0 Å². The van der Waals surface area contributed by atoms with Gasteiger partial charge in [0, 0.05) is 6.54 Å². The number of piperidine rings is 1. The minimum Gasteiger partial charge on any atom is -0.330 e. The van der Waals surface area contributed by atoms with E-state index in [2.05, 4.69) is 25.7 Å². The fourth-order valence-electron chi connectivity index (χ4n) is 2.22. The van der Waals surface area contributed by atoms with Crippen LogP contribution in [0.2, 0.25) is 0 Å². The zero-order valence-corrected chi connectivity index (χ0v) is 8.64. The summed E-state index contributed by atoms with van der Waals surface area (Å²) in [5.41, 5.74) is 6.17. The Morgan fingerprint density at radius 3 is 2.58 bits per heavy atom. The van der Waals surface area contributed by atoms with Gasteiger partial charge in [-0.25, -0.2) is 0 Å². The van der Waals surface area contributed by atoms with Crippen LogP contribution < -0.4 is 5.73 Å². The summed E-state index contributed by atoms with van der Waals surface area (Å²) >= 11 is 0. The largest absolute Gasteiger partial charge is 0.330 e. The van der Waals surface area contributed by atoms with Gasteiger partial charge in [-0.1, -0.05) is 20.8 Å². The Morgan fingerprint density at radius 2 is 2.17 bits per heavy atom. The third-order valence-corrected chi connectivity index (χ3v) is 3.26. The molecule has 1 aliphatic heterocycles. The molecule has 0 aromatic heterocycles. The highest BCUT2D eigenvalue weighted by molar-refractivity contribution is 4.87. The molecular weight excluding hydrogens is 148 g/mol. The smallest absolute Gasteiger partial charge is 0.00357 e. The second kappa shape index (κ2) is 3.75. The van der Waals surface area contributed by atoms with Gasteiger partial charge >= 0.3 is 0 Å². The van der Waals surface area contributed by atoms with E-state index in [1.54, 1.807) is 0 Å². The SMILES string of the molecule is CCN1CCC(CN)C(C)(C)C1. The molecule has 0 aromatic carbocycles. The van der Waals surface area contributed by atoms with Gasteiger partial charge < -0.3 is 10.6 Å². The fraction of sp³-hybridized carbons (Fsp3) is 1.00. The second-order valence-electron chi connectivity index (χ2n) is 4.58. The van der Waals surface area contributed by atoms with Crippen molar-refractivity contribution in [1.29, 1.82) is 0 Å². The van der Waals surface area contributed by atoms with Crippen molar-refractivity contribution < 1.29 is 0 Å². The van der Waals surface area contributed by atoms with Gasteiger partial charge in [-0.05, 0) is 37.4 Å². The van der Waals surface area contributed by atoms with Crippen LogP contribution in [-0.2, 0) is 0 Å². The van der Waals surface area contributed by atoms with E-state index in [-0.39, 0.29) is 0 Å². The molecule has 1 atom stereocenters. The summed E-state index contributed by atoms with van der Waals surface area (Å²) in [6, 6.07) is 0. The monoisotopic (exact) mass is 170 g/mol. The third-order valence-electron chi connectivity index (χ3n) is 3.26. The van der Waals surface area contributed by atoms with Crippen molar-refractivity contribution >= 4 is 0 Å². The highest BCUT2D eigenvalue weighted by Gasteiger charge is 2.33. The van der Waals surface area contributed by atoms with Crippen LogP contribution >= 0.6 is 0 Å². The molecule has 0 spiro atoms. The second-order valence-corrected chi connectivity index (χ2v) is 4.58. The molecule has 0 bridgehead atoms. The summed E-state index contributed by atoms with van der Waals surface area (Å²) < 4.78 is 0. The number of likely N-dealkylation sites (tertiary alicyclic amines) is 1. The van der Waals surface area contributed by atoms with Gasteiger partial charge in [-0.3, -0.25) is 0 Å². The summed E-state index contributed by atoms with van der Waals surface area (Å²) in [4.78, 5) is 2.52. The quantitative estimate of drug-likeness (QED) is 0.677. The number of nitrogens with zero attached hydrogens (tertiary/aromatic N) is 1. The van der Waals surface area contributed by atoms with Gasteiger partial charge in [0.15, 0.2) is 0 Å². The molecule has 2 heteroatoms. The first kappa shape index (κ1) is 10.0. The van der Waals surface area contributed by atoms with Crippen LogP contribution in [0.25, 0.3) is 0 Å². The van der Waals surface area contributed by atoms with Crippen molar-refractivity contribution in [3.63, 3.8) is 0 Å². The first-order valence-corrected chi connectivity index (χ1v) is 5.02. The fourth-order valence-corrected chi connectivity index (χ4v) is 2.22. The topological polar surface area (TPSA) is 29.3 Å². The molecule has 1 saturated heterocycles. The predicted octanol–water partition coefficient (Wildman–Crippen LogP) is 1.31. The van der Waals surface area contributed by atoms with Gasteiger partial charge in [0.25, 0.3) is 0 Å². The normalized spacial score (nSPS) is 30.5. The lowest BCUT2D eigenvalue weighted by Gasteiger charge is -2.43. The zero-order chi connectivity index (χ0) is 9.19.